The summed E-state index contributed by atoms with van der Waals surface area (Å²) in [7, 11) is 0. The molecule has 1 nitrogen and oxygen atoms in total. The highest BCUT2D eigenvalue weighted by Gasteiger charge is 2.17. The fourth-order valence-corrected chi connectivity index (χ4v) is 2.76. The first-order chi connectivity index (χ1) is 7.58. The Morgan fingerprint density at radius 1 is 1.12 bits per heavy atom. The SMILES string of the molecule is Clc1ccc(C(Cl)c2cc(Br)ccc2Br)o1. The quantitative estimate of drug-likeness (QED) is 0.597. The summed E-state index contributed by atoms with van der Waals surface area (Å²) in [5, 5.41) is -0.0221. The molecule has 16 heavy (non-hydrogen) atoms. The van der Waals surface area contributed by atoms with E-state index in [0.29, 0.717) is 11.0 Å². The van der Waals surface area contributed by atoms with E-state index < -0.39 is 0 Å². The molecule has 0 saturated heterocycles. The maximum absolute atomic E-state index is 6.32. The molecule has 1 atom stereocenters. The lowest BCUT2D eigenvalue weighted by Crippen LogP contribution is -1.92. The van der Waals surface area contributed by atoms with E-state index in [-0.39, 0.29) is 5.38 Å². The van der Waals surface area contributed by atoms with Gasteiger partial charge < -0.3 is 4.42 Å². The van der Waals surface area contributed by atoms with E-state index in [2.05, 4.69) is 31.9 Å². The Morgan fingerprint density at radius 2 is 1.88 bits per heavy atom. The van der Waals surface area contributed by atoms with Gasteiger partial charge in [0, 0.05) is 8.95 Å². The molecule has 5 heteroatoms. The third-order valence-electron chi connectivity index (χ3n) is 2.07. The van der Waals surface area contributed by atoms with Crippen LogP contribution in [0.25, 0.3) is 0 Å². The highest BCUT2D eigenvalue weighted by Crippen LogP contribution is 2.36. The smallest absolute Gasteiger partial charge is 0.193 e. The lowest BCUT2D eigenvalue weighted by Gasteiger charge is -2.09. The van der Waals surface area contributed by atoms with Crippen LogP contribution in [0.3, 0.4) is 0 Å². The van der Waals surface area contributed by atoms with Gasteiger partial charge in [0.1, 0.15) is 11.1 Å². The molecule has 1 aromatic heterocycles. The largest absolute Gasteiger partial charge is 0.448 e. The first-order valence-electron chi connectivity index (χ1n) is 4.42. The monoisotopic (exact) mass is 382 g/mol. The average Bonchev–Trinajstić information content (AvgIpc) is 2.67. The van der Waals surface area contributed by atoms with Crippen LogP contribution in [-0.2, 0) is 0 Å². The minimum atomic E-state index is -0.362. The summed E-state index contributed by atoms with van der Waals surface area (Å²) in [5.74, 6) is 0.630. The lowest BCUT2D eigenvalue weighted by atomic mass is 10.1. The second kappa shape index (κ2) is 5.13. The van der Waals surface area contributed by atoms with Crippen LogP contribution in [0.4, 0.5) is 0 Å². The van der Waals surface area contributed by atoms with Crippen molar-refractivity contribution in [1.82, 2.24) is 0 Å². The summed E-state index contributed by atoms with van der Waals surface area (Å²) in [5.41, 5.74) is 0.932. The molecule has 2 aromatic rings. The molecule has 0 radical (unpaired) electrons. The zero-order valence-electron chi connectivity index (χ0n) is 7.88. The third-order valence-corrected chi connectivity index (χ3v) is 3.94. The van der Waals surface area contributed by atoms with Gasteiger partial charge in [0.2, 0.25) is 0 Å². The molecule has 1 aromatic carbocycles. The summed E-state index contributed by atoms with van der Waals surface area (Å²) in [4.78, 5) is 0. The van der Waals surface area contributed by atoms with Gasteiger partial charge in [-0.25, -0.2) is 0 Å². The van der Waals surface area contributed by atoms with Crippen molar-refractivity contribution in [2.75, 3.05) is 0 Å². The zero-order chi connectivity index (χ0) is 11.7. The van der Waals surface area contributed by atoms with E-state index in [4.69, 9.17) is 27.6 Å². The van der Waals surface area contributed by atoms with Gasteiger partial charge in [-0.05, 0) is 47.5 Å². The molecule has 0 aliphatic heterocycles. The Balaban J connectivity index is 2.40. The first kappa shape index (κ1) is 12.5. The maximum Gasteiger partial charge on any atom is 0.193 e. The summed E-state index contributed by atoms with van der Waals surface area (Å²) < 4.78 is 7.19. The fraction of sp³-hybridized carbons (Fsp3) is 0.0909. The molecule has 0 spiro atoms. The van der Waals surface area contributed by atoms with Gasteiger partial charge in [-0.3, -0.25) is 0 Å². The number of halogens is 4. The highest BCUT2D eigenvalue weighted by atomic mass is 79.9. The summed E-state index contributed by atoms with van der Waals surface area (Å²) in [6.45, 7) is 0. The number of benzene rings is 1. The van der Waals surface area contributed by atoms with Crippen LogP contribution in [0.5, 0.6) is 0 Å². The van der Waals surface area contributed by atoms with Gasteiger partial charge in [-0.15, -0.1) is 11.6 Å². The van der Waals surface area contributed by atoms with Crippen LogP contribution in [-0.4, -0.2) is 0 Å². The summed E-state index contributed by atoms with van der Waals surface area (Å²) >= 11 is 18.9. The predicted molar refractivity (Wildman–Crippen MR) is 73.3 cm³/mol. The Kier molecular flexibility index (Phi) is 4.01. The molecule has 0 aliphatic carbocycles. The Labute approximate surface area is 120 Å². The van der Waals surface area contributed by atoms with Crippen LogP contribution in [0, 0.1) is 0 Å². The van der Waals surface area contributed by atoms with E-state index >= 15 is 0 Å². The van der Waals surface area contributed by atoms with Gasteiger partial charge in [-0.2, -0.15) is 0 Å². The van der Waals surface area contributed by atoms with E-state index in [9.17, 15) is 0 Å². The lowest BCUT2D eigenvalue weighted by molar-refractivity contribution is 0.518. The summed E-state index contributed by atoms with van der Waals surface area (Å²) in [6.07, 6.45) is 0. The molecular weight excluding hydrogens is 379 g/mol. The average molecular weight is 385 g/mol. The van der Waals surface area contributed by atoms with Gasteiger partial charge in [-0.1, -0.05) is 31.9 Å². The van der Waals surface area contributed by atoms with Crippen molar-refractivity contribution in [3.63, 3.8) is 0 Å². The van der Waals surface area contributed by atoms with Gasteiger partial charge in [0.15, 0.2) is 5.22 Å². The van der Waals surface area contributed by atoms with E-state index in [1.54, 1.807) is 12.1 Å². The zero-order valence-corrected chi connectivity index (χ0v) is 12.6. The maximum atomic E-state index is 6.32. The number of furan rings is 1. The topological polar surface area (TPSA) is 13.1 Å². The molecular formula is C11H6Br2Cl2O. The molecule has 84 valence electrons. The fourth-order valence-electron chi connectivity index (χ4n) is 1.33. The normalized spacial score (nSPS) is 12.8. The van der Waals surface area contributed by atoms with Crippen molar-refractivity contribution in [1.29, 1.82) is 0 Å². The Hall–Kier alpha value is 0.0400. The van der Waals surface area contributed by atoms with Crippen LogP contribution >= 0.6 is 55.1 Å². The number of hydrogen-bond donors (Lipinski definition) is 0. The number of hydrogen-bond acceptors (Lipinski definition) is 1. The number of rotatable bonds is 2. The Morgan fingerprint density at radius 3 is 2.50 bits per heavy atom. The second-order valence-electron chi connectivity index (χ2n) is 3.17. The minimum Gasteiger partial charge on any atom is -0.448 e. The van der Waals surface area contributed by atoms with Crippen LogP contribution < -0.4 is 0 Å². The molecule has 0 fully saturated rings. The van der Waals surface area contributed by atoms with Crippen molar-refractivity contribution in [2.45, 2.75) is 5.38 Å². The second-order valence-corrected chi connectivity index (χ2v) is 5.75. The van der Waals surface area contributed by atoms with E-state index in [1.165, 1.54) is 0 Å². The van der Waals surface area contributed by atoms with E-state index in [1.807, 2.05) is 18.2 Å². The molecule has 0 amide bonds. The van der Waals surface area contributed by atoms with Crippen molar-refractivity contribution in [3.05, 3.63) is 55.8 Å². The molecule has 0 N–H and O–H groups in total. The van der Waals surface area contributed by atoms with Gasteiger partial charge in [0.05, 0.1) is 0 Å². The highest BCUT2D eigenvalue weighted by molar-refractivity contribution is 9.11. The van der Waals surface area contributed by atoms with Crippen molar-refractivity contribution < 1.29 is 4.42 Å². The molecule has 1 unspecified atom stereocenters. The van der Waals surface area contributed by atoms with E-state index in [0.717, 1.165) is 14.5 Å². The van der Waals surface area contributed by atoms with Gasteiger partial charge in [0.25, 0.3) is 0 Å². The van der Waals surface area contributed by atoms with Crippen LogP contribution in [0.2, 0.25) is 5.22 Å². The molecule has 0 bridgehead atoms. The standard InChI is InChI=1S/C11H6Br2Cl2O/c12-6-1-2-8(13)7(5-6)11(15)9-3-4-10(14)16-9/h1-5,11H. The van der Waals surface area contributed by atoms with Crippen LogP contribution in [0.1, 0.15) is 16.7 Å². The first-order valence-corrected chi connectivity index (χ1v) is 6.82. The molecule has 0 saturated carbocycles. The molecule has 2 rings (SSSR count). The Bertz CT molecular complexity index is 510. The van der Waals surface area contributed by atoms with Crippen molar-refractivity contribution in [2.24, 2.45) is 0 Å². The van der Waals surface area contributed by atoms with Crippen LogP contribution in [0.15, 0.2) is 43.7 Å². The summed E-state index contributed by atoms with van der Waals surface area (Å²) in [6, 6.07) is 9.26. The van der Waals surface area contributed by atoms with Crippen molar-refractivity contribution in [3.8, 4) is 0 Å². The third kappa shape index (κ3) is 2.65. The molecule has 0 aliphatic rings. The molecule has 1 heterocycles. The van der Waals surface area contributed by atoms with Crippen molar-refractivity contribution >= 4 is 55.1 Å². The van der Waals surface area contributed by atoms with Gasteiger partial charge >= 0.3 is 0 Å². The minimum absolute atomic E-state index is 0.340. The number of alkyl halides is 1. The predicted octanol–water partition coefficient (Wildman–Crippen LogP) is 5.79.